The van der Waals surface area contributed by atoms with E-state index in [-0.39, 0.29) is 0 Å². The Hall–Kier alpha value is -0.120. The topological polar surface area (TPSA) is 18.5 Å². The number of rotatable bonds is 5. The van der Waals surface area contributed by atoms with Gasteiger partial charge in [-0.2, -0.15) is 0 Å². The zero-order chi connectivity index (χ0) is 12.9. The molecule has 0 radical (unpaired) electrons. The molecular weight excluding hydrogens is 210 g/mol. The van der Waals surface area contributed by atoms with Crippen molar-refractivity contribution in [1.82, 2.24) is 15.1 Å². The molecule has 0 bridgehead atoms. The van der Waals surface area contributed by atoms with Crippen LogP contribution in [0.25, 0.3) is 0 Å². The first-order valence-electron chi connectivity index (χ1n) is 7.01. The number of nitrogens with one attached hydrogen (secondary N) is 1. The molecule has 0 aromatic heterocycles. The van der Waals surface area contributed by atoms with Crippen LogP contribution in [-0.2, 0) is 0 Å². The third-order valence-corrected chi connectivity index (χ3v) is 3.78. The summed E-state index contributed by atoms with van der Waals surface area (Å²) in [6, 6.07) is 0.686. The molecule has 1 rings (SSSR count). The van der Waals surface area contributed by atoms with Gasteiger partial charge in [0, 0.05) is 32.2 Å². The van der Waals surface area contributed by atoms with Gasteiger partial charge in [0.05, 0.1) is 0 Å². The van der Waals surface area contributed by atoms with Gasteiger partial charge in [-0.15, -0.1) is 0 Å². The van der Waals surface area contributed by atoms with E-state index in [0.717, 1.165) is 13.1 Å². The molecule has 0 aromatic rings. The minimum Gasteiger partial charge on any atom is -0.314 e. The fraction of sp³-hybridized carbons (Fsp3) is 1.00. The Kier molecular flexibility index (Phi) is 5.90. The van der Waals surface area contributed by atoms with Crippen molar-refractivity contribution in [1.29, 1.82) is 0 Å². The number of hydrogen-bond acceptors (Lipinski definition) is 3. The largest absolute Gasteiger partial charge is 0.314 e. The summed E-state index contributed by atoms with van der Waals surface area (Å²) in [5.41, 5.74) is 0.382. The Morgan fingerprint density at radius 3 is 2.24 bits per heavy atom. The summed E-state index contributed by atoms with van der Waals surface area (Å²) in [7, 11) is 4.42. The molecular formula is C14H31N3. The van der Waals surface area contributed by atoms with Crippen LogP contribution in [0.15, 0.2) is 0 Å². The summed E-state index contributed by atoms with van der Waals surface area (Å²) in [6.45, 7) is 13.1. The number of hydrogen-bond donors (Lipinski definition) is 1. The van der Waals surface area contributed by atoms with E-state index >= 15 is 0 Å². The maximum absolute atomic E-state index is 3.41. The molecule has 1 fully saturated rings. The molecule has 102 valence electrons. The van der Waals surface area contributed by atoms with Crippen molar-refractivity contribution in [3.05, 3.63) is 0 Å². The quantitative estimate of drug-likeness (QED) is 0.789. The molecule has 1 saturated heterocycles. The molecule has 17 heavy (non-hydrogen) atoms. The number of piperazine rings is 1. The molecule has 0 saturated carbocycles. The van der Waals surface area contributed by atoms with E-state index in [2.05, 4.69) is 50.0 Å². The zero-order valence-corrected chi connectivity index (χ0v) is 12.4. The normalized spacial score (nSPS) is 20.8. The lowest BCUT2D eigenvalue weighted by atomic mass is 9.83. The molecule has 1 N–H and O–H groups in total. The maximum atomic E-state index is 3.41. The van der Waals surface area contributed by atoms with Crippen molar-refractivity contribution >= 4 is 0 Å². The maximum Gasteiger partial charge on any atom is 0.0138 e. The van der Waals surface area contributed by atoms with Crippen LogP contribution in [0, 0.1) is 5.41 Å². The smallest absolute Gasteiger partial charge is 0.0138 e. The molecule has 1 aliphatic heterocycles. The summed E-state index contributed by atoms with van der Waals surface area (Å²) < 4.78 is 0. The van der Waals surface area contributed by atoms with Crippen LogP contribution < -0.4 is 5.32 Å². The summed E-state index contributed by atoms with van der Waals surface area (Å²) in [5.74, 6) is 0. The molecule has 3 nitrogen and oxygen atoms in total. The van der Waals surface area contributed by atoms with Gasteiger partial charge in [-0.3, -0.25) is 0 Å². The van der Waals surface area contributed by atoms with E-state index < -0.39 is 0 Å². The Labute approximate surface area is 108 Å². The van der Waals surface area contributed by atoms with Gasteiger partial charge in [-0.05, 0) is 38.9 Å². The number of nitrogens with zero attached hydrogens (tertiary/aromatic N) is 2. The van der Waals surface area contributed by atoms with Gasteiger partial charge in [-0.1, -0.05) is 20.8 Å². The minimum absolute atomic E-state index is 0.382. The zero-order valence-electron chi connectivity index (χ0n) is 12.4. The fourth-order valence-corrected chi connectivity index (χ4v) is 2.91. The first kappa shape index (κ1) is 14.9. The molecule has 1 unspecified atom stereocenters. The van der Waals surface area contributed by atoms with Crippen molar-refractivity contribution in [3.63, 3.8) is 0 Å². The average Bonchev–Trinajstić information content (AvgIpc) is 2.23. The van der Waals surface area contributed by atoms with E-state index in [1.165, 1.54) is 32.5 Å². The Morgan fingerprint density at radius 1 is 1.18 bits per heavy atom. The van der Waals surface area contributed by atoms with Gasteiger partial charge in [-0.25, -0.2) is 0 Å². The van der Waals surface area contributed by atoms with Crippen molar-refractivity contribution in [2.45, 2.75) is 39.7 Å². The van der Waals surface area contributed by atoms with Gasteiger partial charge in [0.25, 0.3) is 0 Å². The van der Waals surface area contributed by atoms with E-state index in [1.807, 2.05) is 0 Å². The van der Waals surface area contributed by atoms with Gasteiger partial charge in [0.2, 0.25) is 0 Å². The highest BCUT2D eigenvalue weighted by molar-refractivity contribution is 4.80. The minimum atomic E-state index is 0.382. The van der Waals surface area contributed by atoms with E-state index in [1.54, 1.807) is 0 Å². The highest BCUT2D eigenvalue weighted by Gasteiger charge is 2.26. The third kappa shape index (κ3) is 5.36. The van der Waals surface area contributed by atoms with Crippen molar-refractivity contribution in [3.8, 4) is 0 Å². The fourth-order valence-electron chi connectivity index (χ4n) is 2.91. The average molecular weight is 241 g/mol. The predicted molar refractivity (Wildman–Crippen MR) is 75.5 cm³/mol. The van der Waals surface area contributed by atoms with Crippen LogP contribution in [0.2, 0.25) is 0 Å². The summed E-state index contributed by atoms with van der Waals surface area (Å²) in [4.78, 5) is 4.98. The molecule has 1 atom stereocenters. The standard InChI is InChI=1S/C14H31N3/c1-14(2,3)13(16(4)5)7-6-10-17-11-8-15-9-12-17/h13,15H,6-12H2,1-5H3. The molecule has 3 heteroatoms. The summed E-state index contributed by atoms with van der Waals surface area (Å²) >= 11 is 0. The molecule has 1 aliphatic rings. The second kappa shape index (κ2) is 6.72. The van der Waals surface area contributed by atoms with Crippen molar-refractivity contribution in [2.75, 3.05) is 46.8 Å². The van der Waals surface area contributed by atoms with Crippen LogP contribution >= 0.6 is 0 Å². The van der Waals surface area contributed by atoms with E-state index in [4.69, 9.17) is 0 Å². The van der Waals surface area contributed by atoms with Crippen molar-refractivity contribution in [2.24, 2.45) is 5.41 Å². The summed E-state index contributed by atoms with van der Waals surface area (Å²) in [6.07, 6.45) is 2.63. The first-order chi connectivity index (χ1) is 7.91. The van der Waals surface area contributed by atoms with Gasteiger partial charge in [0.1, 0.15) is 0 Å². The highest BCUT2D eigenvalue weighted by Crippen LogP contribution is 2.26. The molecule has 0 spiro atoms. The van der Waals surface area contributed by atoms with E-state index in [9.17, 15) is 0 Å². The van der Waals surface area contributed by atoms with Crippen LogP contribution in [-0.4, -0.2) is 62.7 Å². The molecule has 0 amide bonds. The predicted octanol–water partition coefficient (Wildman–Crippen LogP) is 1.65. The van der Waals surface area contributed by atoms with E-state index in [0.29, 0.717) is 11.5 Å². The van der Waals surface area contributed by atoms with Crippen molar-refractivity contribution < 1.29 is 0 Å². The lowest BCUT2D eigenvalue weighted by molar-refractivity contribution is 0.132. The Morgan fingerprint density at radius 2 is 1.76 bits per heavy atom. The second-order valence-electron chi connectivity index (χ2n) is 6.58. The lowest BCUT2D eigenvalue weighted by Crippen LogP contribution is -2.44. The van der Waals surface area contributed by atoms with Crippen LogP contribution in [0.5, 0.6) is 0 Å². The van der Waals surface area contributed by atoms with Gasteiger partial charge < -0.3 is 15.1 Å². The molecule has 1 heterocycles. The summed E-state index contributed by atoms with van der Waals surface area (Å²) in [5, 5.41) is 3.41. The highest BCUT2D eigenvalue weighted by atomic mass is 15.2. The Balaban J connectivity index is 2.27. The first-order valence-corrected chi connectivity index (χ1v) is 7.01. The second-order valence-corrected chi connectivity index (χ2v) is 6.58. The van der Waals surface area contributed by atoms with Gasteiger partial charge in [0.15, 0.2) is 0 Å². The van der Waals surface area contributed by atoms with Gasteiger partial charge >= 0.3 is 0 Å². The molecule has 0 aromatic carbocycles. The van der Waals surface area contributed by atoms with Crippen LogP contribution in [0.3, 0.4) is 0 Å². The monoisotopic (exact) mass is 241 g/mol. The molecule has 0 aliphatic carbocycles. The third-order valence-electron chi connectivity index (χ3n) is 3.78. The SMILES string of the molecule is CN(C)C(CCCN1CCNCC1)C(C)(C)C. The lowest BCUT2D eigenvalue weighted by Gasteiger charge is -2.37. The Bertz CT molecular complexity index is 202. The van der Waals surface area contributed by atoms with Crippen LogP contribution in [0.4, 0.5) is 0 Å². The van der Waals surface area contributed by atoms with Crippen LogP contribution in [0.1, 0.15) is 33.6 Å².